The minimum Gasteiger partial charge on any atom is -0.462 e. The highest BCUT2D eigenvalue weighted by molar-refractivity contribution is 5.71. The van der Waals surface area contributed by atoms with Gasteiger partial charge in [-0.05, 0) is 83.5 Å². The third kappa shape index (κ3) is 47.9. The zero-order chi connectivity index (χ0) is 45.1. The molecule has 356 valence electrons. The molecule has 0 radical (unpaired) electrons. The lowest BCUT2D eigenvalue weighted by atomic mass is 10.0. The van der Waals surface area contributed by atoms with E-state index in [1.807, 2.05) is 0 Å². The van der Waals surface area contributed by atoms with E-state index in [9.17, 15) is 14.4 Å². The Morgan fingerprint density at radius 3 is 1.03 bits per heavy atom. The van der Waals surface area contributed by atoms with Gasteiger partial charge in [0.25, 0.3) is 0 Å². The number of hydrogen-bond acceptors (Lipinski definition) is 6. The number of unbranched alkanes of at least 4 members (excludes halogenated alkanes) is 23. The van der Waals surface area contributed by atoms with Crippen molar-refractivity contribution in [2.24, 2.45) is 0 Å². The average molecular weight is 865 g/mol. The second-order valence-electron chi connectivity index (χ2n) is 17.1. The van der Waals surface area contributed by atoms with Gasteiger partial charge in [0.15, 0.2) is 6.10 Å². The minimum absolute atomic E-state index is 0.0877. The van der Waals surface area contributed by atoms with Crippen molar-refractivity contribution in [3.8, 4) is 0 Å². The highest BCUT2D eigenvalue weighted by Gasteiger charge is 2.19. The molecule has 0 fully saturated rings. The van der Waals surface area contributed by atoms with Crippen LogP contribution in [0, 0.1) is 0 Å². The Kier molecular flexibility index (Phi) is 47.9. The number of carbonyl (C=O) groups is 3. The molecular formula is C56H96O6. The molecule has 0 amide bonds. The largest absolute Gasteiger partial charge is 0.462 e. The molecule has 0 N–H and O–H groups in total. The van der Waals surface area contributed by atoms with Crippen LogP contribution in [0.4, 0.5) is 0 Å². The molecular weight excluding hydrogens is 769 g/mol. The number of esters is 3. The molecule has 0 saturated heterocycles. The quantitative estimate of drug-likeness (QED) is 0.0262. The molecule has 0 aliphatic carbocycles. The van der Waals surface area contributed by atoms with E-state index in [1.54, 1.807) is 0 Å². The van der Waals surface area contributed by atoms with Crippen molar-refractivity contribution in [1.29, 1.82) is 0 Å². The molecule has 0 bridgehead atoms. The molecule has 1 unspecified atom stereocenters. The highest BCUT2D eigenvalue weighted by atomic mass is 16.6. The van der Waals surface area contributed by atoms with Crippen LogP contribution in [-0.2, 0) is 28.6 Å². The van der Waals surface area contributed by atoms with Crippen molar-refractivity contribution in [2.75, 3.05) is 13.2 Å². The lowest BCUT2D eigenvalue weighted by molar-refractivity contribution is -0.167. The number of carbonyl (C=O) groups excluding carboxylic acids is 3. The first-order chi connectivity index (χ1) is 30.5. The third-order valence-corrected chi connectivity index (χ3v) is 10.9. The van der Waals surface area contributed by atoms with Crippen molar-refractivity contribution in [3.63, 3.8) is 0 Å². The van der Waals surface area contributed by atoms with Gasteiger partial charge in [-0.2, -0.15) is 0 Å². The van der Waals surface area contributed by atoms with Crippen LogP contribution < -0.4 is 0 Å². The molecule has 0 saturated carbocycles. The van der Waals surface area contributed by atoms with Gasteiger partial charge in [-0.15, -0.1) is 0 Å². The predicted octanol–water partition coefficient (Wildman–Crippen LogP) is 17.0. The summed E-state index contributed by atoms with van der Waals surface area (Å²) in [4.78, 5) is 38.0. The summed E-state index contributed by atoms with van der Waals surface area (Å²) in [6.07, 6.45) is 63.1. The smallest absolute Gasteiger partial charge is 0.306 e. The lowest BCUT2D eigenvalue weighted by Gasteiger charge is -2.18. The molecule has 6 nitrogen and oxygen atoms in total. The van der Waals surface area contributed by atoms with Crippen LogP contribution in [0.25, 0.3) is 0 Å². The first-order valence-electron chi connectivity index (χ1n) is 25.9. The number of hydrogen-bond donors (Lipinski definition) is 0. The fraction of sp³-hybridized carbons (Fsp3) is 0.732. The van der Waals surface area contributed by atoms with E-state index in [2.05, 4.69) is 93.7 Å². The maximum Gasteiger partial charge on any atom is 0.306 e. The van der Waals surface area contributed by atoms with E-state index < -0.39 is 6.10 Å². The summed E-state index contributed by atoms with van der Waals surface area (Å²) in [5.41, 5.74) is 0. The Balaban J connectivity index is 4.44. The van der Waals surface area contributed by atoms with E-state index in [1.165, 1.54) is 83.5 Å². The summed E-state index contributed by atoms with van der Waals surface area (Å²) in [6, 6.07) is 0. The maximum absolute atomic E-state index is 12.8. The van der Waals surface area contributed by atoms with Crippen molar-refractivity contribution in [2.45, 2.75) is 252 Å². The van der Waals surface area contributed by atoms with Gasteiger partial charge in [-0.3, -0.25) is 14.4 Å². The fourth-order valence-corrected chi connectivity index (χ4v) is 7.04. The Morgan fingerprint density at radius 2 is 0.645 bits per heavy atom. The monoisotopic (exact) mass is 865 g/mol. The first-order valence-corrected chi connectivity index (χ1v) is 25.9. The molecule has 0 aliphatic rings. The Morgan fingerprint density at radius 1 is 0.339 bits per heavy atom. The van der Waals surface area contributed by atoms with E-state index in [4.69, 9.17) is 14.2 Å². The van der Waals surface area contributed by atoms with Crippen LogP contribution in [-0.4, -0.2) is 37.2 Å². The maximum atomic E-state index is 12.8. The standard InChI is InChI=1S/C56H96O6/c1-4-7-10-13-16-19-22-25-27-28-29-32-34-37-40-43-46-49-55(58)61-52-53(51-60-54(57)48-45-42-39-36-33-30-24-21-18-15-12-9-6-3)62-56(59)50-47-44-41-38-35-31-26-23-20-17-14-11-8-5-2/h7,10,14,16-17,19,23,25-27,29,32,53H,4-6,8-9,11-13,15,18,20-22,24,28,30-31,33-52H2,1-3H3/b10-7-,17-14-,19-16-,26-23-,27-25-,32-29-. The summed E-state index contributed by atoms with van der Waals surface area (Å²) in [5.74, 6) is -0.924. The van der Waals surface area contributed by atoms with Gasteiger partial charge in [0, 0.05) is 19.3 Å². The van der Waals surface area contributed by atoms with Crippen molar-refractivity contribution in [3.05, 3.63) is 72.9 Å². The fourth-order valence-electron chi connectivity index (χ4n) is 7.04. The molecule has 0 heterocycles. The van der Waals surface area contributed by atoms with Gasteiger partial charge in [0.1, 0.15) is 13.2 Å². The predicted molar refractivity (Wildman–Crippen MR) is 265 cm³/mol. The summed E-state index contributed by atoms with van der Waals surface area (Å²) in [6.45, 7) is 6.45. The summed E-state index contributed by atoms with van der Waals surface area (Å²) < 4.78 is 16.8. The van der Waals surface area contributed by atoms with Crippen LogP contribution in [0.1, 0.15) is 245 Å². The molecule has 62 heavy (non-hydrogen) atoms. The van der Waals surface area contributed by atoms with E-state index in [0.717, 1.165) is 122 Å². The first kappa shape index (κ1) is 58.9. The summed E-state index contributed by atoms with van der Waals surface area (Å²) >= 11 is 0. The van der Waals surface area contributed by atoms with E-state index in [0.29, 0.717) is 19.3 Å². The summed E-state index contributed by atoms with van der Waals surface area (Å²) in [7, 11) is 0. The Hall–Kier alpha value is -3.15. The summed E-state index contributed by atoms with van der Waals surface area (Å²) in [5, 5.41) is 0. The zero-order valence-electron chi connectivity index (χ0n) is 40.6. The minimum atomic E-state index is -0.790. The van der Waals surface area contributed by atoms with Crippen LogP contribution in [0.15, 0.2) is 72.9 Å². The molecule has 0 rings (SSSR count). The molecule has 0 aliphatic heterocycles. The van der Waals surface area contributed by atoms with Gasteiger partial charge < -0.3 is 14.2 Å². The number of ether oxygens (including phenoxy) is 3. The molecule has 6 heteroatoms. The van der Waals surface area contributed by atoms with Crippen LogP contribution in [0.3, 0.4) is 0 Å². The van der Waals surface area contributed by atoms with Crippen LogP contribution in [0.5, 0.6) is 0 Å². The molecule has 0 aromatic carbocycles. The zero-order valence-corrected chi connectivity index (χ0v) is 40.6. The van der Waals surface area contributed by atoms with Crippen molar-refractivity contribution in [1.82, 2.24) is 0 Å². The average Bonchev–Trinajstić information content (AvgIpc) is 3.27. The Labute approximate surface area is 382 Å². The van der Waals surface area contributed by atoms with Crippen LogP contribution in [0.2, 0.25) is 0 Å². The second-order valence-corrected chi connectivity index (χ2v) is 17.1. The number of rotatable bonds is 46. The van der Waals surface area contributed by atoms with Gasteiger partial charge in [0.05, 0.1) is 0 Å². The van der Waals surface area contributed by atoms with Gasteiger partial charge in [-0.1, -0.05) is 216 Å². The highest BCUT2D eigenvalue weighted by Crippen LogP contribution is 2.15. The van der Waals surface area contributed by atoms with Gasteiger partial charge in [-0.25, -0.2) is 0 Å². The van der Waals surface area contributed by atoms with Crippen molar-refractivity contribution < 1.29 is 28.6 Å². The van der Waals surface area contributed by atoms with Crippen molar-refractivity contribution >= 4 is 17.9 Å². The Bertz CT molecular complexity index is 1180. The van der Waals surface area contributed by atoms with E-state index in [-0.39, 0.29) is 31.1 Å². The van der Waals surface area contributed by atoms with E-state index >= 15 is 0 Å². The normalized spacial score (nSPS) is 12.6. The van der Waals surface area contributed by atoms with Crippen LogP contribution >= 0.6 is 0 Å². The third-order valence-electron chi connectivity index (χ3n) is 10.9. The van der Waals surface area contributed by atoms with Gasteiger partial charge >= 0.3 is 17.9 Å². The topological polar surface area (TPSA) is 78.9 Å². The van der Waals surface area contributed by atoms with Gasteiger partial charge in [0.2, 0.25) is 0 Å². The second kappa shape index (κ2) is 50.5. The molecule has 1 atom stereocenters. The molecule has 0 aromatic rings. The molecule has 0 spiro atoms. The number of allylic oxidation sites excluding steroid dienone is 12. The lowest BCUT2D eigenvalue weighted by Crippen LogP contribution is -2.30. The SMILES string of the molecule is CC/C=C\C/C=C\C/C=C\C/C=C\CCCCCCC(=O)OCC(COC(=O)CCCCCCCCCCCCCCC)OC(=O)CCCCCCC/C=C\C/C=C\CCCC. The molecule has 0 aromatic heterocycles.